The summed E-state index contributed by atoms with van der Waals surface area (Å²) in [6.45, 7) is 4.86. The van der Waals surface area contributed by atoms with Crippen LogP contribution in [-0.4, -0.2) is 22.4 Å². The quantitative estimate of drug-likeness (QED) is 0.396. The smallest absolute Gasteiger partial charge is 0.270 e. The van der Waals surface area contributed by atoms with Gasteiger partial charge in [0, 0.05) is 28.6 Å². The monoisotopic (exact) mass is 411 g/mol. The standard InChI is InChI=1S/C21H21N3O4S/c1-14(2)9-10-28-18-8-4-6-16(12-18)20(25)23-21-22-19(13-29-21)15-5-3-7-17(11-15)24(26)27/h3-8,11-14H,9-10H2,1-2H3,(H,22,23,25). The Hall–Kier alpha value is -3.26. The van der Waals surface area contributed by atoms with E-state index in [0.29, 0.717) is 40.2 Å². The highest BCUT2D eigenvalue weighted by Gasteiger charge is 2.13. The van der Waals surface area contributed by atoms with Crippen molar-refractivity contribution in [1.29, 1.82) is 0 Å². The summed E-state index contributed by atoms with van der Waals surface area (Å²) in [5.41, 5.74) is 1.66. The number of thiazole rings is 1. The summed E-state index contributed by atoms with van der Waals surface area (Å²) >= 11 is 1.26. The molecule has 0 saturated heterocycles. The molecule has 0 fully saturated rings. The normalized spacial score (nSPS) is 10.7. The zero-order chi connectivity index (χ0) is 20.8. The summed E-state index contributed by atoms with van der Waals surface area (Å²) in [6.07, 6.45) is 0.940. The van der Waals surface area contributed by atoms with Crippen LogP contribution in [0.4, 0.5) is 10.8 Å². The van der Waals surface area contributed by atoms with E-state index in [4.69, 9.17) is 4.74 Å². The molecule has 3 rings (SSSR count). The topological polar surface area (TPSA) is 94.4 Å². The van der Waals surface area contributed by atoms with Crippen LogP contribution in [0.15, 0.2) is 53.9 Å². The molecule has 1 aromatic heterocycles. The molecule has 0 spiro atoms. The van der Waals surface area contributed by atoms with Crippen molar-refractivity contribution in [2.75, 3.05) is 11.9 Å². The summed E-state index contributed by atoms with van der Waals surface area (Å²) in [6, 6.07) is 13.2. The van der Waals surface area contributed by atoms with Gasteiger partial charge >= 0.3 is 0 Å². The lowest BCUT2D eigenvalue weighted by Crippen LogP contribution is -2.12. The molecular formula is C21H21N3O4S. The number of carbonyl (C=O) groups excluding carboxylic acids is 1. The van der Waals surface area contributed by atoms with Gasteiger partial charge in [0.05, 0.1) is 17.2 Å². The predicted octanol–water partition coefficient (Wildman–Crippen LogP) is 5.40. The van der Waals surface area contributed by atoms with Crippen molar-refractivity contribution in [2.45, 2.75) is 20.3 Å². The van der Waals surface area contributed by atoms with Crippen molar-refractivity contribution >= 4 is 28.1 Å². The summed E-state index contributed by atoms with van der Waals surface area (Å²) < 4.78 is 5.70. The molecule has 3 aromatic rings. The third-order valence-electron chi connectivity index (χ3n) is 4.14. The Morgan fingerprint density at radius 3 is 2.79 bits per heavy atom. The number of nitrogens with zero attached hydrogens (tertiary/aromatic N) is 2. The number of carbonyl (C=O) groups is 1. The zero-order valence-electron chi connectivity index (χ0n) is 16.1. The minimum Gasteiger partial charge on any atom is -0.494 e. The molecule has 1 N–H and O–H groups in total. The van der Waals surface area contributed by atoms with E-state index in [0.717, 1.165) is 6.42 Å². The highest BCUT2D eigenvalue weighted by atomic mass is 32.1. The molecule has 1 heterocycles. The first-order valence-corrected chi connectivity index (χ1v) is 10.0. The van der Waals surface area contributed by atoms with Gasteiger partial charge in [-0.2, -0.15) is 0 Å². The number of anilines is 1. The van der Waals surface area contributed by atoms with Crippen LogP contribution in [0.2, 0.25) is 0 Å². The molecule has 0 unspecified atom stereocenters. The van der Waals surface area contributed by atoms with Crippen molar-refractivity contribution in [3.8, 4) is 17.0 Å². The number of amides is 1. The van der Waals surface area contributed by atoms with Crippen LogP contribution in [0.3, 0.4) is 0 Å². The molecule has 0 bridgehead atoms. The average Bonchev–Trinajstić information content (AvgIpc) is 3.16. The summed E-state index contributed by atoms with van der Waals surface area (Å²) in [7, 11) is 0. The Balaban J connectivity index is 1.67. The number of rotatable bonds is 8. The van der Waals surface area contributed by atoms with E-state index in [-0.39, 0.29) is 11.6 Å². The molecule has 1 amide bonds. The van der Waals surface area contributed by atoms with Gasteiger partial charge in [-0.15, -0.1) is 11.3 Å². The summed E-state index contributed by atoms with van der Waals surface area (Å²) in [5, 5.41) is 15.9. The van der Waals surface area contributed by atoms with Gasteiger partial charge in [-0.05, 0) is 30.5 Å². The lowest BCUT2D eigenvalue weighted by Gasteiger charge is -2.09. The number of aromatic nitrogens is 1. The van der Waals surface area contributed by atoms with Crippen LogP contribution in [0.25, 0.3) is 11.3 Å². The molecule has 0 radical (unpaired) electrons. The van der Waals surface area contributed by atoms with Gasteiger partial charge in [0.1, 0.15) is 5.75 Å². The van der Waals surface area contributed by atoms with Crippen molar-refractivity contribution in [3.63, 3.8) is 0 Å². The SMILES string of the molecule is CC(C)CCOc1cccc(C(=O)Nc2nc(-c3cccc([N+](=O)[O-])c3)cs2)c1. The number of nitrogens with one attached hydrogen (secondary N) is 1. The van der Waals surface area contributed by atoms with Crippen molar-refractivity contribution < 1.29 is 14.5 Å². The van der Waals surface area contributed by atoms with E-state index < -0.39 is 4.92 Å². The van der Waals surface area contributed by atoms with E-state index >= 15 is 0 Å². The Bertz CT molecular complexity index is 1020. The van der Waals surface area contributed by atoms with Crippen molar-refractivity contribution in [2.24, 2.45) is 5.92 Å². The minimum absolute atomic E-state index is 0.00429. The second-order valence-electron chi connectivity index (χ2n) is 6.86. The van der Waals surface area contributed by atoms with Crippen LogP contribution in [0.1, 0.15) is 30.6 Å². The molecule has 2 aromatic carbocycles. The maximum absolute atomic E-state index is 12.5. The molecule has 7 nitrogen and oxygen atoms in total. The number of non-ortho nitro benzene ring substituents is 1. The molecule has 8 heteroatoms. The number of ether oxygens (including phenoxy) is 1. The largest absolute Gasteiger partial charge is 0.494 e. The highest BCUT2D eigenvalue weighted by molar-refractivity contribution is 7.14. The van der Waals surface area contributed by atoms with Crippen LogP contribution >= 0.6 is 11.3 Å². The highest BCUT2D eigenvalue weighted by Crippen LogP contribution is 2.28. The van der Waals surface area contributed by atoms with Gasteiger partial charge in [0.15, 0.2) is 5.13 Å². The van der Waals surface area contributed by atoms with Gasteiger partial charge in [0.2, 0.25) is 0 Å². The van der Waals surface area contributed by atoms with E-state index in [1.165, 1.54) is 23.5 Å². The fourth-order valence-corrected chi connectivity index (χ4v) is 3.27. The number of benzene rings is 2. The lowest BCUT2D eigenvalue weighted by atomic mass is 10.1. The van der Waals surface area contributed by atoms with E-state index in [1.54, 1.807) is 35.7 Å². The summed E-state index contributed by atoms with van der Waals surface area (Å²) in [5.74, 6) is 0.903. The summed E-state index contributed by atoms with van der Waals surface area (Å²) in [4.78, 5) is 27.4. The molecule has 0 aliphatic carbocycles. The molecule has 0 atom stereocenters. The fourth-order valence-electron chi connectivity index (χ4n) is 2.55. The Kier molecular flexibility index (Phi) is 6.56. The van der Waals surface area contributed by atoms with Crippen LogP contribution in [0, 0.1) is 16.0 Å². The van der Waals surface area contributed by atoms with Gasteiger partial charge in [-0.3, -0.25) is 20.2 Å². The second-order valence-corrected chi connectivity index (χ2v) is 7.72. The third kappa shape index (κ3) is 5.61. The van der Waals surface area contributed by atoms with Gasteiger partial charge in [-0.1, -0.05) is 32.0 Å². The maximum atomic E-state index is 12.5. The molecular weight excluding hydrogens is 390 g/mol. The molecule has 150 valence electrons. The molecule has 0 saturated carbocycles. The average molecular weight is 411 g/mol. The van der Waals surface area contributed by atoms with Crippen LogP contribution < -0.4 is 10.1 Å². The number of nitro benzene ring substituents is 1. The lowest BCUT2D eigenvalue weighted by molar-refractivity contribution is -0.384. The Morgan fingerprint density at radius 2 is 2.03 bits per heavy atom. The maximum Gasteiger partial charge on any atom is 0.270 e. The van der Waals surface area contributed by atoms with E-state index in [2.05, 4.69) is 24.1 Å². The van der Waals surface area contributed by atoms with Crippen LogP contribution in [0.5, 0.6) is 5.75 Å². The Labute approximate surface area is 172 Å². The Morgan fingerprint density at radius 1 is 1.24 bits per heavy atom. The molecule has 0 aliphatic rings. The fraction of sp³-hybridized carbons (Fsp3) is 0.238. The minimum atomic E-state index is -0.450. The number of hydrogen-bond donors (Lipinski definition) is 1. The second kappa shape index (κ2) is 9.29. The van der Waals surface area contributed by atoms with Gasteiger partial charge in [-0.25, -0.2) is 4.98 Å². The zero-order valence-corrected chi connectivity index (χ0v) is 16.9. The first kappa shape index (κ1) is 20.5. The molecule has 0 aliphatic heterocycles. The predicted molar refractivity (Wildman–Crippen MR) is 114 cm³/mol. The van der Waals surface area contributed by atoms with Gasteiger partial charge < -0.3 is 4.74 Å². The number of nitro groups is 1. The van der Waals surface area contributed by atoms with Crippen LogP contribution in [-0.2, 0) is 0 Å². The van der Waals surface area contributed by atoms with Gasteiger partial charge in [0.25, 0.3) is 11.6 Å². The first-order valence-electron chi connectivity index (χ1n) is 9.17. The van der Waals surface area contributed by atoms with E-state index in [9.17, 15) is 14.9 Å². The molecule has 29 heavy (non-hydrogen) atoms. The third-order valence-corrected chi connectivity index (χ3v) is 4.90. The van der Waals surface area contributed by atoms with Crippen molar-refractivity contribution in [3.05, 3.63) is 69.6 Å². The first-order chi connectivity index (χ1) is 13.9. The van der Waals surface area contributed by atoms with Crippen molar-refractivity contribution in [1.82, 2.24) is 4.98 Å². The number of hydrogen-bond acceptors (Lipinski definition) is 6. The van der Waals surface area contributed by atoms with E-state index in [1.807, 2.05) is 6.07 Å².